The number of ether oxygens (including phenoxy) is 1. The van der Waals surface area contributed by atoms with E-state index in [1.54, 1.807) is 6.92 Å². The van der Waals surface area contributed by atoms with E-state index in [2.05, 4.69) is 12.4 Å². The first kappa shape index (κ1) is 18.7. The maximum absolute atomic E-state index is 12.9. The van der Waals surface area contributed by atoms with Crippen molar-refractivity contribution >= 4 is 39.0 Å². The third-order valence-electron chi connectivity index (χ3n) is 5.07. The van der Waals surface area contributed by atoms with Crippen LogP contribution in [0.3, 0.4) is 0 Å². The molecule has 6 heteroatoms. The SMILES string of the molecule is CCOC(=O)c1c(NC(=O)c2ccc3ccccc3c2)sc2c1CC[NH+](C)C2. The van der Waals surface area contributed by atoms with Gasteiger partial charge >= 0.3 is 5.97 Å². The van der Waals surface area contributed by atoms with Crippen molar-refractivity contribution < 1.29 is 19.2 Å². The maximum Gasteiger partial charge on any atom is 0.341 e. The van der Waals surface area contributed by atoms with Gasteiger partial charge in [-0.1, -0.05) is 30.3 Å². The number of amides is 1. The van der Waals surface area contributed by atoms with Crippen LogP contribution in [0.2, 0.25) is 0 Å². The van der Waals surface area contributed by atoms with E-state index in [0.29, 0.717) is 22.7 Å². The van der Waals surface area contributed by atoms with Crippen LogP contribution in [-0.4, -0.2) is 32.1 Å². The van der Waals surface area contributed by atoms with Gasteiger partial charge in [-0.15, -0.1) is 11.3 Å². The van der Waals surface area contributed by atoms with Gasteiger partial charge in [0.05, 0.1) is 30.6 Å². The molecule has 0 saturated heterocycles. The summed E-state index contributed by atoms with van der Waals surface area (Å²) in [6.45, 7) is 3.93. The van der Waals surface area contributed by atoms with Gasteiger partial charge in [-0.2, -0.15) is 0 Å². The molecule has 1 aliphatic rings. The molecule has 0 radical (unpaired) electrons. The van der Waals surface area contributed by atoms with E-state index < -0.39 is 0 Å². The third kappa shape index (κ3) is 3.53. The van der Waals surface area contributed by atoms with E-state index in [-0.39, 0.29) is 11.9 Å². The molecule has 2 aromatic carbocycles. The number of hydrogen-bond donors (Lipinski definition) is 2. The zero-order valence-electron chi connectivity index (χ0n) is 16.0. The molecule has 144 valence electrons. The van der Waals surface area contributed by atoms with Crippen LogP contribution in [0.1, 0.15) is 38.1 Å². The van der Waals surface area contributed by atoms with Crippen molar-refractivity contribution in [3.05, 3.63) is 64.0 Å². The minimum absolute atomic E-state index is 0.212. The molecular formula is C22H23N2O3S+. The molecule has 0 aliphatic carbocycles. The summed E-state index contributed by atoms with van der Waals surface area (Å²) in [5, 5.41) is 5.66. The lowest BCUT2D eigenvalue weighted by atomic mass is 10.0. The lowest BCUT2D eigenvalue weighted by Gasteiger charge is -2.19. The standard InChI is InChI=1S/C22H22N2O3S/c1-3-27-22(26)19-17-10-11-24(2)13-18(17)28-21(19)23-20(25)16-9-8-14-6-4-5-7-15(14)12-16/h4-9,12H,3,10-11,13H2,1-2H3,(H,23,25)/p+1. The molecule has 0 fully saturated rings. The Morgan fingerprint density at radius 3 is 2.75 bits per heavy atom. The number of thiophene rings is 1. The van der Waals surface area contributed by atoms with Gasteiger partial charge in [-0.3, -0.25) is 4.79 Å². The topological polar surface area (TPSA) is 59.8 Å². The number of benzene rings is 2. The van der Waals surface area contributed by atoms with Crippen molar-refractivity contribution in [3.8, 4) is 0 Å². The van der Waals surface area contributed by atoms with Gasteiger partial charge in [-0.05, 0) is 35.4 Å². The minimum atomic E-state index is -0.353. The van der Waals surface area contributed by atoms with E-state index in [1.807, 2.05) is 42.5 Å². The number of nitrogens with one attached hydrogen (secondary N) is 2. The van der Waals surface area contributed by atoms with Gasteiger partial charge < -0.3 is 15.0 Å². The number of carbonyl (C=O) groups excluding carboxylic acids is 2. The Hall–Kier alpha value is -2.70. The molecule has 2 heterocycles. The highest BCUT2D eigenvalue weighted by Gasteiger charge is 2.30. The Morgan fingerprint density at radius 2 is 1.96 bits per heavy atom. The van der Waals surface area contributed by atoms with Crippen molar-refractivity contribution in [2.45, 2.75) is 19.9 Å². The summed E-state index contributed by atoms with van der Waals surface area (Å²) in [7, 11) is 2.14. The molecule has 1 unspecified atom stereocenters. The molecule has 4 rings (SSSR count). The van der Waals surface area contributed by atoms with Crippen LogP contribution in [0, 0.1) is 0 Å². The number of fused-ring (bicyclic) bond motifs is 2. The molecule has 2 N–H and O–H groups in total. The Bertz CT molecular complexity index is 1060. The van der Waals surface area contributed by atoms with Gasteiger partial charge in [-0.25, -0.2) is 4.79 Å². The molecule has 1 aromatic heterocycles. The van der Waals surface area contributed by atoms with Crippen LogP contribution in [0.5, 0.6) is 0 Å². The predicted octanol–water partition coefficient (Wildman–Crippen LogP) is 2.90. The van der Waals surface area contributed by atoms with Gasteiger partial charge in [0.25, 0.3) is 5.91 Å². The van der Waals surface area contributed by atoms with Crippen LogP contribution in [0.25, 0.3) is 10.8 Å². The highest BCUT2D eigenvalue weighted by Crippen LogP contribution is 2.35. The molecule has 0 bridgehead atoms. The smallest absolute Gasteiger partial charge is 0.341 e. The lowest BCUT2D eigenvalue weighted by Crippen LogP contribution is -3.08. The van der Waals surface area contributed by atoms with Gasteiger partial charge in [0.1, 0.15) is 11.5 Å². The van der Waals surface area contributed by atoms with Crippen molar-refractivity contribution in [3.63, 3.8) is 0 Å². The quantitative estimate of drug-likeness (QED) is 0.668. The second kappa shape index (κ2) is 7.73. The Kier molecular flexibility index (Phi) is 5.15. The zero-order valence-corrected chi connectivity index (χ0v) is 16.8. The zero-order chi connectivity index (χ0) is 19.7. The van der Waals surface area contributed by atoms with E-state index in [9.17, 15) is 9.59 Å². The number of carbonyl (C=O) groups is 2. The van der Waals surface area contributed by atoms with Crippen molar-refractivity contribution in [2.75, 3.05) is 25.5 Å². The molecule has 5 nitrogen and oxygen atoms in total. The molecule has 28 heavy (non-hydrogen) atoms. The summed E-state index contributed by atoms with van der Waals surface area (Å²) in [5.41, 5.74) is 2.13. The number of quaternary nitrogens is 1. The fourth-order valence-electron chi connectivity index (χ4n) is 3.63. The average Bonchev–Trinajstić information content (AvgIpc) is 3.04. The van der Waals surface area contributed by atoms with Crippen LogP contribution < -0.4 is 10.2 Å². The molecule has 1 aliphatic heterocycles. The molecule has 0 saturated carbocycles. The van der Waals surface area contributed by atoms with Crippen LogP contribution >= 0.6 is 11.3 Å². The van der Waals surface area contributed by atoms with E-state index in [1.165, 1.54) is 16.2 Å². The fourth-order valence-corrected chi connectivity index (χ4v) is 4.98. The summed E-state index contributed by atoms with van der Waals surface area (Å²) in [6.07, 6.45) is 0.817. The Morgan fingerprint density at radius 1 is 1.18 bits per heavy atom. The van der Waals surface area contributed by atoms with Crippen LogP contribution in [-0.2, 0) is 17.7 Å². The normalized spacial score (nSPS) is 15.9. The highest BCUT2D eigenvalue weighted by atomic mass is 32.1. The Balaban J connectivity index is 1.67. The van der Waals surface area contributed by atoms with Crippen LogP contribution in [0.4, 0.5) is 5.00 Å². The molecule has 3 aromatic rings. The maximum atomic E-state index is 12.9. The van der Waals surface area contributed by atoms with E-state index in [4.69, 9.17) is 4.74 Å². The molecule has 1 atom stereocenters. The molecule has 1 amide bonds. The second-order valence-electron chi connectivity index (χ2n) is 7.08. The monoisotopic (exact) mass is 395 g/mol. The summed E-state index contributed by atoms with van der Waals surface area (Å²) < 4.78 is 5.27. The first-order valence-electron chi connectivity index (χ1n) is 9.50. The first-order valence-corrected chi connectivity index (χ1v) is 10.3. The summed E-state index contributed by atoms with van der Waals surface area (Å²) in [6, 6.07) is 13.6. The highest BCUT2D eigenvalue weighted by molar-refractivity contribution is 7.17. The first-order chi connectivity index (χ1) is 13.6. The molecule has 0 spiro atoms. The average molecular weight is 396 g/mol. The van der Waals surface area contributed by atoms with Crippen molar-refractivity contribution in [2.24, 2.45) is 0 Å². The molecular weight excluding hydrogens is 372 g/mol. The van der Waals surface area contributed by atoms with E-state index >= 15 is 0 Å². The Labute approximate surface area is 167 Å². The number of anilines is 1. The lowest BCUT2D eigenvalue weighted by molar-refractivity contribution is -0.895. The second-order valence-corrected chi connectivity index (χ2v) is 8.18. The van der Waals surface area contributed by atoms with Gasteiger partial charge in [0.2, 0.25) is 0 Å². The number of rotatable bonds is 4. The largest absolute Gasteiger partial charge is 0.462 e. The van der Waals surface area contributed by atoms with Gasteiger partial charge in [0, 0.05) is 12.0 Å². The van der Waals surface area contributed by atoms with Gasteiger partial charge in [0.15, 0.2) is 0 Å². The summed E-state index contributed by atoms with van der Waals surface area (Å²) in [4.78, 5) is 28.1. The number of esters is 1. The van der Waals surface area contributed by atoms with Crippen molar-refractivity contribution in [1.82, 2.24) is 0 Å². The van der Waals surface area contributed by atoms with Crippen molar-refractivity contribution in [1.29, 1.82) is 0 Å². The van der Waals surface area contributed by atoms with Crippen LogP contribution in [0.15, 0.2) is 42.5 Å². The summed E-state index contributed by atoms with van der Waals surface area (Å²) in [5.74, 6) is -0.566. The number of hydrogen-bond acceptors (Lipinski definition) is 4. The minimum Gasteiger partial charge on any atom is -0.462 e. The third-order valence-corrected chi connectivity index (χ3v) is 6.22. The number of likely N-dealkylation sites (N-methyl/N-ethyl adjacent to an activating group) is 1. The predicted molar refractivity (Wildman–Crippen MR) is 111 cm³/mol. The fraction of sp³-hybridized carbons (Fsp3) is 0.273. The summed E-state index contributed by atoms with van der Waals surface area (Å²) >= 11 is 1.49. The van der Waals surface area contributed by atoms with E-state index in [0.717, 1.165) is 40.7 Å².